The van der Waals surface area contributed by atoms with Crippen molar-refractivity contribution in [2.75, 3.05) is 6.61 Å². The summed E-state index contributed by atoms with van der Waals surface area (Å²) < 4.78 is 5.18. The van der Waals surface area contributed by atoms with Crippen molar-refractivity contribution in [2.45, 2.75) is 38.1 Å². The number of ether oxygens (including phenoxy) is 1. The number of carbonyl (C=O) groups excluding carboxylic acids is 4. The monoisotopic (exact) mass is 331 g/mol. The summed E-state index contributed by atoms with van der Waals surface area (Å²) in [6.45, 7) is 3.95. The van der Waals surface area contributed by atoms with E-state index < -0.39 is 6.09 Å². The summed E-state index contributed by atoms with van der Waals surface area (Å²) in [4.78, 5) is 41.5. The zero-order valence-corrected chi connectivity index (χ0v) is 13.5. The van der Waals surface area contributed by atoms with Crippen LogP contribution in [0.5, 0.6) is 0 Å². The molecular weight excluding hydrogens is 310 g/mol. The molecule has 1 aliphatic heterocycles. The van der Waals surface area contributed by atoms with Gasteiger partial charge in [-0.2, -0.15) is 9.59 Å². The van der Waals surface area contributed by atoms with Crippen LogP contribution in [-0.2, 0) is 25.5 Å². The number of likely N-dealkylation sites (tertiary alicyclic amines) is 1. The fourth-order valence-electron chi connectivity index (χ4n) is 2.53. The summed E-state index contributed by atoms with van der Waals surface area (Å²) in [6.07, 6.45) is 4.87. The molecule has 2 amide bonds. The number of allylic oxidation sites excluding steroid dienone is 1. The summed E-state index contributed by atoms with van der Waals surface area (Å²) in [5, 5.41) is 0. The lowest BCUT2D eigenvalue weighted by molar-refractivity contribution is -0.191. The molecule has 1 atom stereocenters. The van der Waals surface area contributed by atoms with Crippen molar-refractivity contribution in [1.29, 1.82) is 0 Å². The predicted molar refractivity (Wildman–Crippen MR) is 85.8 cm³/mol. The Morgan fingerprint density at radius 1 is 1.33 bits per heavy atom. The second-order valence-electron chi connectivity index (χ2n) is 5.27. The van der Waals surface area contributed by atoms with Gasteiger partial charge in [-0.05, 0) is 31.2 Å². The Morgan fingerprint density at radius 3 is 2.62 bits per heavy atom. The first-order chi connectivity index (χ1) is 11.6. The van der Waals surface area contributed by atoms with Gasteiger partial charge in [-0.3, -0.25) is 4.79 Å². The third-order valence-electron chi connectivity index (χ3n) is 3.61. The summed E-state index contributed by atoms with van der Waals surface area (Å²) in [6, 6.07) is 9.81. The molecule has 24 heavy (non-hydrogen) atoms. The number of hydrogen-bond acceptors (Lipinski definition) is 5. The van der Waals surface area contributed by atoms with Gasteiger partial charge >= 0.3 is 12.2 Å². The van der Waals surface area contributed by atoms with Gasteiger partial charge in [0.1, 0.15) is 0 Å². The maximum atomic E-state index is 12.1. The van der Waals surface area contributed by atoms with E-state index in [1.54, 1.807) is 6.08 Å². The minimum Gasteiger partial charge on any atom is -0.449 e. The molecule has 0 unspecified atom stereocenters. The summed E-state index contributed by atoms with van der Waals surface area (Å²) in [5.74, 6) is -0.135. The summed E-state index contributed by atoms with van der Waals surface area (Å²) in [7, 11) is 0. The molecule has 1 heterocycles. The lowest BCUT2D eigenvalue weighted by Crippen LogP contribution is -2.40. The molecule has 1 aromatic rings. The SMILES string of the molecule is C=CCCCOC(=O)N1C(=O)CC[C@H]1Cc1ccccc1.O=C=O. The van der Waals surface area contributed by atoms with Gasteiger partial charge in [-0.1, -0.05) is 36.4 Å². The highest BCUT2D eigenvalue weighted by Crippen LogP contribution is 2.23. The highest BCUT2D eigenvalue weighted by Gasteiger charge is 2.36. The van der Waals surface area contributed by atoms with Crippen molar-refractivity contribution in [3.05, 3.63) is 48.6 Å². The standard InChI is InChI=1S/C17H21NO3.CO2/c1-2-3-7-12-21-17(20)18-15(10-11-16(18)19)13-14-8-5-4-6-9-14;2-1-3/h2,4-6,8-9,15H,1,3,7,10-13H2;/t15-;/m0./s1. The lowest BCUT2D eigenvalue weighted by Gasteiger charge is -2.22. The van der Waals surface area contributed by atoms with Gasteiger partial charge in [0.25, 0.3) is 0 Å². The van der Waals surface area contributed by atoms with Crippen molar-refractivity contribution in [1.82, 2.24) is 4.90 Å². The molecule has 2 rings (SSSR count). The Kier molecular flexibility index (Phi) is 8.79. The third kappa shape index (κ3) is 6.18. The molecule has 0 bridgehead atoms. The van der Waals surface area contributed by atoms with Crippen LogP contribution in [-0.4, -0.2) is 35.7 Å². The van der Waals surface area contributed by atoms with Gasteiger partial charge in [-0.25, -0.2) is 9.69 Å². The van der Waals surface area contributed by atoms with Gasteiger partial charge in [0.2, 0.25) is 5.91 Å². The topological polar surface area (TPSA) is 80.8 Å². The first-order valence-corrected chi connectivity index (χ1v) is 7.77. The Labute approximate surface area is 141 Å². The van der Waals surface area contributed by atoms with E-state index in [4.69, 9.17) is 14.3 Å². The third-order valence-corrected chi connectivity index (χ3v) is 3.61. The Balaban J connectivity index is 0.000000891. The molecule has 1 fully saturated rings. The van der Waals surface area contributed by atoms with Crippen LogP contribution in [0.25, 0.3) is 0 Å². The average Bonchev–Trinajstić information content (AvgIpc) is 2.94. The van der Waals surface area contributed by atoms with Gasteiger partial charge in [0.05, 0.1) is 6.61 Å². The maximum Gasteiger partial charge on any atom is 0.416 e. The van der Waals surface area contributed by atoms with Crippen molar-refractivity contribution in [3.8, 4) is 0 Å². The van der Waals surface area contributed by atoms with Crippen LogP contribution in [0.2, 0.25) is 0 Å². The zero-order valence-electron chi connectivity index (χ0n) is 13.5. The van der Waals surface area contributed by atoms with Crippen LogP contribution in [0.4, 0.5) is 4.79 Å². The van der Waals surface area contributed by atoms with Crippen LogP contribution in [0.1, 0.15) is 31.2 Å². The smallest absolute Gasteiger partial charge is 0.416 e. The largest absolute Gasteiger partial charge is 0.449 e. The fourth-order valence-corrected chi connectivity index (χ4v) is 2.53. The van der Waals surface area contributed by atoms with Crippen molar-refractivity contribution in [3.63, 3.8) is 0 Å². The highest BCUT2D eigenvalue weighted by molar-refractivity contribution is 5.94. The molecule has 128 valence electrons. The Bertz CT molecular complexity index is 578. The van der Waals surface area contributed by atoms with Crippen LogP contribution in [0.15, 0.2) is 43.0 Å². The molecule has 0 aromatic heterocycles. The van der Waals surface area contributed by atoms with E-state index in [0.717, 1.165) is 18.4 Å². The minimum absolute atomic E-state index is 0.0909. The summed E-state index contributed by atoms with van der Waals surface area (Å²) in [5.41, 5.74) is 1.13. The van der Waals surface area contributed by atoms with Crippen molar-refractivity contribution in [2.24, 2.45) is 0 Å². The van der Waals surface area contributed by atoms with Crippen molar-refractivity contribution >= 4 is 18.2 Å². The number of amides is 2. The maximum absolute atomic E-state index is 12.1. The molecule has 0 saturated carbocycles. The normalized spacial score (nSPS) is 15.9. The van der Waals surface area contributed by atoms with E-state index >= 15 is 0 Å². The number of rotatable bonds is 6. The van der Waals surface area contributed by atoms with Gasteiger partial charge in [0, 0.05) is 12.5 Å². The second-order valence-corrected chi connectivity index (χ2v) is 5.27. The molecular formula is C18H21NO5. The highest BCUT2D eigenvalue weighted by atomic mass is 16.6. The first kappa shape index (κ1) is 19.3. The van der Waals surface area contributed by atoms with Crippen LogP contribution < -0.4 is 0 Å². The zero-order chi connectivity index (χ0) is 17.8. The van der Waals surface area contributed by atoms with E-state index in [1.807, 2.05) is 30.3 Å². The predicted octanol–water partition coefficient (Wildman–Crippen LogP) is 2.74. The van der Waals surface area contributed by atoms with E-state index in [1.165, 1.54) is 4.90 Å². The Morgan fingerprint density at radius 2 is 2.00 bits per heavy atom. The number of imide groups is 1. The van der Waals surface area contributed by atoms with Gasteiger partial charge in [-0.15, -0.1) is 6.58 Å². The first-order valence-electron chi connectivity index (χ1n) is 7.77. The molecule has 0 radical (unpaired) electrons. The number of unbranched alkanes of at least 4 members (excludes halogenated alkanes) is 1. The van der Waals surface area contributed by atoms with Crippen LogP contribution in [0.3, 0.4) is 0 Å². The van der Waals surface area contributed by atoms with E-state index in [0.29, 0.717) is 25.9 Å². The molecule has 1 aliphatic rings. The van der Waals surface area contributed by atoms with Crippen molar-refractivity contribution < 1.29 is 23.9 Å². The quantitative estimate of drug-likeness (QED) is 0.591. The fraction of sp³-hybridized carbons (Fsp3) is 0.389. The molecule has 1 aromatic carbocycles. The van der Waals surface area contributed by atoms with Gasteiger partial charge < -0.3 is 4.74 Å². The number of benzene rings is 1. The molecule has 0 N–H and O–H groups in total. The number of carbonyl (C=O) groups is 2. The molecule has 6 nitrogen and oxygen atoms in total. The average molecular weight is 331 g/mol. The van der Waals surface area contributed by atoms with E-state index in [-0.39, 0.29) is 18.1 Å². The minimum atomic E-state index is -0.512. The number of nitrogens with zero attached hydrogens (tertiary/aromatic N) is 1. The Hall–Kier alpha value is -2.72. The molecule has 0 spiro atoms. The van der Waals surface area contributed by atoms with E-state index in [9.17, 15) is 9.59 Å². The summed E-state index contributed by atoms with van der Waals surface area (Å²) >= 11 is 0. The number of hydrogen-bond donors (Lipinski definition) is 0. The van der Waals surface area contributed by atoms with Crippen LogP contribution in [0, 0.1) is 0 Å². The van der Waals surface area contributed by atoms with Gasteiger partial charge in [0.15, 0.2) is 0 Å². The lowest BCUT2D eigenvalue weighted by atomic mass is 10.0. The molecule has 1 saturated heterocycles. The molecule has 6 heteroatoms. The van der Waals surface area contributed by atoms with E-state index in [2.05, 4.69) is 6.58 Å². The molecule has 0 aliphatic carbocycles. The second kappa shape index (κ2) is 10.9. The van der Waals surface area contributed by atoms with Crippen LogP contribution >= 0.6 is 0 Å².